The fraction of sp³-hybridized carbons (Fsp3) is 0.385. The standard InChI is InChI=1S/C13H16ClNO4/c1-3-18-13(17)15(2)11(12(16)19-14)9-10-7-5-4-6-8-10/h4-8,11H,3,9H2,1-2H3/t11-/m0/s1. The Labute approximate surface area is 117 Å². The zero-order chi connectivity index (χ0) is 14.3. The number of halogens is 1. The summed E-state index contributed by atoms with van der Waals surface area (Å²) in [5, 5.41) is 0. The van der Waals surface area contributed by atoms with Gasteiger partial charge in [-0.05, 0) is 12.5 Å². The van der Waals surface area contributed by atoms with Crippen LogP contribution in [-0.2, 0) is 20.2 Å². The third-order valence-corrected chi connectivity index (χ3v) is 2.80. The Bertz CT molecular complexity index is 424. The molecule has 0 saturated carbocycles. The molecule has 0 aliphatic carbocycles. The summed E-state index contributed by atoms with van der Waals surface area (Å²) in [7, 11) is 1.47. The van der Waals surface area contributed by atoms with Gasteiger partial charge in [0.05, 0.1) is 6.61 Å². The summed E-state index contributed by atoms with van der Waals surface area (Å²) in [6.07, 6.45) is -0.285. The van der Waals surface area contributed by atoms with Crippen molar-refractivity contribution in [2.75, 3.05) is 13.7 Å². The van der Waals surface area contributed by atoms with E-state index in [9.17, 15) is 9.59 Å². The van der Waals surface area contributed by atoms with Crippen molar-refractivity contribution in [1.29, 1.82) is 0 Å². The van der Waals surface area contributed by atoms with Crippen LogP contribution < -0.4 is 0 Å². The van der Waals surface area contributed by atoms with E-state index in [0.29, 0.717) is 6.42 Å². The lowest BCUT2D eigenvalue weighted by molar-refractivity contribution is -0.139. The van der Waals surface area contributed by atoms with Crippen molar-refractivity contribution in [3.8, 4) is 0 Å². The monoisotopic (exact) mass is 285 g/mol. The topological polar surface area (TPSA) is 55.8 Å². The maximum Gasteiger partial charge on any atom is 0.410 e. The summed E-state index contributed by atoms with van der Waals surface area (Å²) in [6, 6.07) is 8.46. The zero-order valence-corrected chi connectivity index (χ0v) is 11.6. The second-order valence-corrected chi connectivity index (χ2v) is 4.07. The van der Waals surface area contributed by atoms with Gasteiger partial charge in [-0.3, -0.25) is 4.90 Å². The summed E-state index contributed by atoms with van der Waals surface area (Å²) >= 11 is 5.11. The molecule has 1 aromatic rings. The average Bonchev–Trinajstić information content (AvgIpc) is 2.44. The molecular weight excluding hydrogens is 270 g/mol. The van der Waals surface area contributed by atoms with Gasteiger partial charge in [-0.25, -0.2) is 9.59 Å². The van der Waals surface area contributed by atoms with Gasteiger partial charge in [-0.2, -0.15) is 0 Å². The van der Waals surface area contributed by atoms with E-state index in [4.69, 9.17) is 16.6 Å². The first kappa shape index (κ1) is 15.3. The minimum absolute atomic E-state index is 0.233. The molecule has 104 valence electrons. The van der Waals surface area contributed by atoms with Crippen LogP contribution in [-0.4, -0.2) is 36.7 Å². The third-order valence-electron chi connectivity index (χ3n) is 2.64. The molecule has 0 saturated heterocycles. The van der Waals surface area contributed by atoms with Gasteiger partial charge in [0.25, 0.3) is 0 Å². The number of hydrogen-bond acceptors (Lipinski definition) is 4. The van der Waals surface area contributed by atoms with Crippen molar-refractivity contribution in [1.82, 2.24) is 4.90 Å². The Kier molecular flexibility index (Phi) is 6.15. The molecule has 1 aromatic carbocycles. The molecule has 0 spiro atoms. The lowest BCUT2D eigenvalue weighted by Crippen LogP contribution is -2.44. The van der Waals surface area contributed by atoms with Crippen LogP contribution in [0.25, 0.3) is 0 Å². The Morgan fingerprint density at radius 2 is 1.95 bits per heavy atom. The molecule has 0 aromatic heterocycles. The Morgan fingerprint density at radius 1 is 1.32 bits per heavy atom. The van der Waals surface area contributed by atoms with Gasteiger partial charge in [0.2, 0.25) is 0 Å². The van der Waals surface area contributed by atoms with Crippen molar-refractivity contribution in [2.24, 2.45) is 0 Å². The predicted octanol–water partition coefficient (Wildman–Crippen LogP) is 2.38. The summed E-state index contributed by atoms with van der Waals surface area (Å²) in [6.45, 7) is 1.93. The maximum atomic E-state index is 11.7. The summed E-state index contributed by atoms with van der Waals surface area (Å²) < 4.78 is 9.07. The zero-order valence-electron chi connectivity index (χ0n) is 10.8. The number of rotatable bonds is 5. The van der Waals surface area contributed by atoms with Gasteiger partial charge >= 0.3 is 12.1 Å². The normalized spacial score (nSPS) is 11.5. The first-order valence-corrected chi connectivity index (χ1v) is 6.17. The SMILES string of the molecule is CCOC(=O)N(C)[C@@H](Cc1ccccc1)C(=O)OCl. The third kappa shape index (κ3) is 4.44. The Hall–Kier alpha value is -1.75. The van der Waals surface area contributed by atoms with Gasteiger partial charge in [0.15, 0.2) is 0 Å². The number of carbonyl (C=O) groups is 2. The van der Waals surface area contributed by atoms with Crippen molar-refractivity contribution < 1.29 is 18.6 Å². The summed E-state index contributed by atoms with van der Waals surface area (Å²) in [5.74, 6) is -0.693. The molecule has 6 heteroatoms. The number of ether oxygens (including phenoxy) is 1. The highest BCUT2D eigenvalue weighted by Gasteiger charge is 2.29. The first-order valence-electron chi connectivity index (χ1n) is 5.86. The molecule has 0 bridgehead atoms. The maximum absolute atomic E-state index is 11.7. The molecule has 0 fully saturated rings. The van der Waals surface area contributed by atoms with Gasteiger partial charge < -0.3 is 9.03 Å². The largest absolute Gasteiger partial charge is 0.450 e. The molecule has 1 rings (SSSR count). The quantitative estimate of drug-likeness (QED) is 0.833. The smallest absolute Gasteiger partial charge is 0.410 e. The van der Waals surface area contributed by atoms with Gasteiger partial charge in [0, 0.05) is 13.5 Å². The first-order chi connectivity index (χ1) is 9.10. The van der Waals surface area contributed by atoms with Crippen LogP contribution in [0.5, 0.6) is 0 Å². The summed E-state index contributed by atoms with van der Waals surface area (Å²) in [4.78, 5) is 24.5. The van der Waals surface area contributed by atoms with Gasteiger partial charge in [-0.15, -0.1) is 0 Å². The molecular formula is C13H16ClNO4. The molecule has 0 heterocycles. The fourth-order valence-electron chi connectivity index (χ4n) is 1.62. The van der Waals surface area contributed by atoms with E-state index >= 15 is 0 Å². The molecule has 1 amide bonds. The number of amides is 1. The van der Waals surface area contributed by atoms with Crippen molar-refractivity contribution in [3.63, 3.8) is 0 Å². The van der Waals surface area contributed by atoms with Crippen molar-refractivity contribution >= 4 is 23.9 Å². The highest BCUT2D eigenvalue weighted by Crippen LogP contribution is 2.11. The molecule has 0 N–H and O–H groups in total. The van der Waals surface area contributed by atoms with E-state index in [-0.39, 0.29) is 6.61 Å². The van der Waals surface area contributed by atoms with E-state index in [1.807, 2.05) is 30.3 Å². The van der Waals surface area contributed by atoms with Crippen LogP contribution in [0.2, 0.25) is 0 Å². The minimum atomic E-state index is -0.820. The lowest BCUT2D eigenvalue weighted by Gasteiger charge is -2.24. The molecule has 0 aliphatic rings. The lowest BCUT2D eigenvalue weighted by atomic mass is 10.1. The second kappa shape index (κ2) is 7.63. The number of likely N-dealkylation sites (N-methyl/N-ethyl adjacent to an activating group) is 1. The Balaban J connectivity index is 2.83. The number of benzene rings is 1. The van der Waals surface area contributed by atoms with E-state index in [1.54, 1.807) is 6.92 Å². The van der Waals surface area contributed by atoms with Crippen LogP contribution in [0.4, 0.5) is 4.79 Å². The average molecular weight is 286 g/mol. The van der Waals surface area contributed by atoms with Gasteiger partial charge in [-0.1, -0.05) is 30.3 Å². The van der Waals surface area contributed by atoms with E-state index < -0.39 is 18.1 Å². The highest BCUT2D eigenvalue weighted by molar-refractivity contribution is 6.13. The van der Waals surface area contributed by atoms with E-state index in [2.05, 4.69) is 4.29 Å². The molecule has 0 radical (unpaired) electrons. The number of hydrogen-bond donors (Lipinski definition) is 0. The highest BCUT2D eigenvalue weighted by atomic mass is 35.5. The summed E-state index contributed by atoms with van der Waals surface area (Å²) in [5.41, 5.74) is 0.894. The van der Waals surface area contributed by atoms with E-state index in [0.717, 1.165) is 5.56 Å². The predicted molar refractivity (Wildman–Crippen MR) is 70.7 cm³/mol. The van der Waals surface area contributed by atoms with Crippen LogP contribution in [0, 0.1) is 0 Å². The van der Waals surface area contributed by atoms with Crippen LogP contribution >= 0.6 is 11.9 Å². The number of carbonyl (C=O) groups excluding carboxylic acids is 2. The Morgan fingerprint density at radius 3 is 2.47 bits per heavy atom. The van der Waals surface area contributed by atoms with Crippen molar-refractivity contribution in [3.05, 3.63) is 35.9 Å². The van der Waals surface area contributed by atoms with E-state index in [1.165, 1.54) is 11.9 Å². The molecule has 0 aliphatic heterocycles. The fourth-order valence-corrected chi connectivity index (χ4v) is 1.72. The molecule has 19 heavy (non-hydrogen) atoms. The van der Waals surface area contributed by atoms with Crippen molar-refractivity contribution in [2.45, 2.75) is 19.4 Å². The van der Waals surface area contributed by atoms with Crippen LogP contribution in [0.1, 0.15) is 12.5 Å². The van der Waals surface area contributed by atoms with Crippen LogP contribution in [0.15, 0.2) is 30.3 Å². The van der Waals surface area contributed by atoms with Crippen LogP contribution in [0.3, 0.4) is 0 Å². The number of nitrogens with zero attached hydrogens (tertiary/aromatic N) is 1. The minimum Gasteiger partial charge on any atom is -0.450 e. The second-order valence-electron chi connectivity index (χ2n) is 3.91. The molecule has 5 nitrogen and oxygen atoms in total. The van der Waals surface area contributed by atoms with Gasteiger partial charge in [0.1, 0.15) is 17.9 Å². The molecule has 1 atom stereocenters. The molecule has 0 unspecified atom stereocenters.